The predicted molar refractivity (Wildman–Crippen MR) is 84.8 cm³/mol. The van der Waals surface area contributed by atoms with Crippen molar-refractivity contribution in [1.29, 1.82) is 0 Å². The van der Waals surface area contributed by atoms with E-state index in [0.717, 1.165) is 63.6 Å². The predicted octanol–water partition coefficient (Wildman–Crippen LogP) is 2.88. The molecule has 1 aromatic rings. The van der Waals surface area contributed by atoms with Gasteiger partial charge in [0.15, 0.2) is 0 Å². The summed E-state index contributed by atoms with van der Waals surface area (Å²) in [5.74, 6) is 0.469. The van der Waals surface area contributed by atoms with E-state index < -0.39 is 5.54 Å². The standard InChI is InChI=1S/C18H25FN2O/c19-16-7-2-1-6-15(16)9-8-14-5-3-12-21(13-14)17(22)18(20)10-4-11-18/h1-2,6-7,14H,3-5,8-13,20H2/t14-/m0/s1. The van der Waals surface area contributed by atoms with Gasteiger partial charge >= 0.3 is 0 Å². The number of hydrogen-bond acceptors (Lipinski definition) is 2. The zero-order valence-electron chi connectivity index (χ0n) is 13.1. The van der Waals surface area contributed by atoms with Crippen molar-refractivity contribution in [2.75, 3.05) is 13.1 Å². The molecule has 1 aliphatic carbocycles. The number of hydrogen-bond donors (Lipinski definition) is 1. The minimum Gasteiger partial charge on any atom is -0.341 e. The molecule has 0 unspecified atom stereocenters. The third kappa shape index (κ3) is 3.17. The molecule has 1 heterocycles. The van der Waals surface area contributed by atoms with Gasteiger partial charge in [-0.3, -0.25) is 4.79 Å². The molecule has 2 N–H and O–H groups in total. The number of benzene rings is 1. The molecule has 4 heteroatoms. The quantitative estimate of drug-likeness (QED) is 0.929. The molecular formula is C18H25FN2O. The third-order valence-electron chi connectivity index (χ3n) is 5.26. The number of amides is 1. The lowest BCUT2D eigenvalue weighted by atomic mass is 9.76. The molecule has 3 rings (SSSR count). The van der Waals surface area contributed by atoms with Crippen molar-refractivity contribution >= 4 is 5.91 Å². The molecule has 3 nitrogen and oxygen atoms in total. The van der Waals surface area contributed by atoms with E-state index >= 15 is 0 Å². The first-order chi connectivity index (χ1) is 10.6. The van der Waals surface area contributed by atoms with Crippen molar-refractivity contribution in [2.45, 2.75) is 50.5 Å². The van der Waals surface area contributed by atoms with Crippen LogP contribution in [0.5, 0.6) is 0 Å². The van der Waals surface area contributed by atoms with Crippen molar-refractivity contribution in [3.05, 3.63) is 35.6 Å². The van der Waals surface area contributed by atoms with Crippen LogP contribution in [-0.2, 0) is 11.2 Å². The third-order valence-corrected chi connectivity index (χ3v) is 5.26. The van der Waals surface area contributed by atoms with Gasteiger partial charge in [-0.2, -0.15) is 0 Å². The van der Waals surface area contributed by atoms with Gasteiger partial charge in [-0.05, 0) is 62.5 Å². The van der Waals surface area contributed by atoms with Gasteiger partial charge in [0.2, 0.25) is 5.91 Å². The molecule has 120 valence electrons. The Morgan fingerprint density at radius 3 is 2.77 bits per heavy atom. The second-order valence-electron chi connectivity index (χ2n) is 6.90. The summed E-state index contributed by atoms with van der Waals surface area (Å²) < 4.78 is 13.7. The molecule has 2 aliphatic rings. The molecule has 1 aliphatic heterocycles. The van der Waals surface area contributed by atoms with E-state index in [-0.39, 0.29) is 11.7 Å². The first kappa shape index (κ1) is 15.5. The maximum Gasteiger partial charge on any atom is 0.242 e. The van der Waals surface area contributed by atoms with Crippen LogP contribution in [0.4, 0.5) is 4.39 Å². The molecule has 2 fully saturated rings. The lowest BCUT2D eigenvalue weighted by Crippen LogP contribution is -2.60. The van der Waals surface area contributed by atoms with E-state index in [1.54, 1.807) is 6.07 Å². The van der Waals surface area contributed by atoms with Gasteiger partial charge in [-0.15, -0.1) is 0 Å². The van der Waals surface area contributed by atoms with E-state index in [2.05, 4.69) is 0 Å². The molecule has 0 aromatic heterocycles. The lowest BCUT2D eigenvalue weighted by Gasteiger charge is -2.43. The van der Waals surface area contributed by atoms with Crippen LogP contribution in [0.1, 0.15) is 44.1 Å². The van der Waals surface area contributed by atoms with Crippen molar-refractivity contribution in [1.82, 2.24) is 4.90 Å². The molecule has 0 bridgehead atoms. The number of carbonyl (C=O) groups is 1. The minimum absolute atomic E-state index is 0.123. The summed E-state index contributed by atoms with van der Waals surface area (Å²) in [7, 11) is 0. The van der Waals surface area contributed by atoms with Crippen LogP contribution in [-0.4, -0.2) is 29.4 Å². The molecule has 0 radical (unpaired) electrons. The van der Waals surface area contributed by atoms with Crippen LogP contribution in [0.25, 0.3) is 0 Å². The van der Waals surface area contributed by atoms with E-state index in [1.807, 2.05) is 17.0 Å². The number of rotatable bonds is 4. The topological polar surface area (TPSA) is 46.3 Å². The van der Waals surface area contributed by atoms with Gasteiger partial charge in [-0.1, -0.05) is 18.2 Å². The number of nitrogens with zero attached hydrogens (tertiary/aromatic N) is 1. The van der Waals surface area contributed by atoms with E-state index in [1.165, 1.54) is 6.07 Å². The normalized spacial score (nSPS) is 23.9. The number of likely N-dealkylation sites (tertiary alicyclic amines) is 1. The highest BCUT2D eigenvalue weighted by Crippen LogP contribution is 2.33. The van der Waals surface area contributed by atoms with Crippen LogP contribution >= 0.6 is 0 Å². The smallest absolute Gasteiger partial charge is 0.242 e. The second kappa shape index (κ2) is 6.37. The summed E-state index contributed by atoms with van der Waals surface area (Å²) in [6.45, 7) is 1.61. The van der Waals surface area contributed by atoms with Crippen LogP contribution in [0.3, 0.4) is 0 Å². The van der Waals surface area contributed by atoms with Crippen molar-refractivity contribution in [3.8, 4) is 0 Å². The first-order valence-corrected chi connectivity index (χ1v) is 8.40. The molecule has 1 saturated heterocycles. The molecule has 22 heavy (non-hydrogen) atoms. The fourth-order valence-corrected chi connectivity index (χ4v) is 3.63. The number of carbonyl (C=O) groups excluding carboxylic acids is 1. The Morgan fingerprint density at radius 2 is 2.09 bits per heavy atom. The zero-order valence-corrected chi connectivity index (χ0v) is 13.1. The van der Waals surface area contributed by atoms with Gasteiger partial charge < -0.3 is 10.6 Å². The Morgan fingerprint density at radius 1 is 1.32 bits per heavy atom. The SMILES string of the molecule is NC1(C(=O)N2CCC[C@@H](CCc3ccccc3F)C2)CCC1. The Kier molecular flexibility index (Phi) is 4.48. The molecular weight excluding hydrogens is 279 g/mol. The van der Waals surface area contributed by atoms with E-state index in [4.69, 9.17) is 5.73 Å². The monoisotopic (exact) mass is 304 g/mol. The van der Waals surface area contributed by atoms with Crippen molar-refractivity contribution in [2.24, 2.45) is 11.7 Å². The van der Waals surface area contributed by atoms with Gasteiger partial charge in [0, 0.05) is 13.1 Å². The van der Waals surface area contributed by atoms with Crippen LogP contribution < -0.4 is 5.73 Å². The second-order valence-corrected chi connectivity index (χ2v) is 6.90. The van der Waals surface area contributed by atoms with Gasteiger partial charge in [-0.25, -0.2) is 4.39 Å². The Bertz CT molecular complexity index is 542. The molecule has 1 amide bonds. The molecule has 1 atom stereocenters. The average molecular weight is 304 g/mol. The van der Waals surface area contributed by atoms with Gasteiger partial charge in [0.1, 0.15) is 5.82 Å². The largest absolute Gasteiger partial charge is 0.341 e. The maximum atomic E-state index is 13.7. The summed E-state index contributed by atoms with van der Waals surface area (Å²) >= 11 is 0. The van der Waals surface area contributed by atoms with Crippen molar-refractivity contribution < 1.29 is 9.18 Å². The summed E-state index contributed by atoms with van der Waals surface area (Å²) in [5.41, 5.74) is 6.35. The van der Waals surface area contributed by atoms with Crippen LogP contribution in [0.2, 0.25) is 0 Å². The van der Waals surface area contributed by atoms with Gasteiger partial charge in [0.25, 0.3) is 0 Å². The van der Waals surface area contributed by atoms with Gasteiger partial charge in [0.05, 0.1) is 5.54 Å². The fourth-order valence-electron chi connectivity index (χ4n) is 3.63. The number of piperidine rings is 1. The van der Waals surface area contributed by atoms with Crippen LogP contribution in [0.15, 0.2) is 24.3 Å². The highest BCUT2D eigenvalue weighted by Gasteiger charge is 2.43. The zero-order chi connectivity index (χ0) is 15.6. The number of halogens is 1. The Balaban J connectivity index is 1.55. The summed E-state index contributed by atoms with van der Waals surface area (Å²) in [4.78, 5) is 14.5. The first-order valence-electron chi connectivity index (χ1n) is 8.40. The summed E-state index contributed by atoms with van der Waals surface area (Å²) in [6.07, 6.45) is 6.53. The highest BCUT2D eigenvalue weighted by molar-refractivity contribution is 5.87. The highest BCUT2D eigenvalue weighted by atomic mass is 19.1. The lowest BCUT2D eigenvalue weighted by molar-refractivity contribution is -0.142. The number of aryl methyl sites for hydroxylation is 1. The molecule has 1 saturated carbocycles. The van der Waals surface area contributed by atoms with Crippen molar-refractivity contribution in [3.63, 3.8) is 0 Å². The Labute approximate surface area is 131 Å². The van der Waals surface area contributed by atoms with E-state index in [9.17, 15) is 9.18 Å². The summed E-state index contributed by atoms with van der Waals surface area (Å²) in [5, 5.41) is 0. The molecule has 0 spiro atoms. The number of nitrogens with two attached hydrogens (primary N) is 1. The average Bonchev–Trinajstić information content (AvgIpc) is 2.51. The molecule has 1 aromatic carbocycles. The Hall–Kier alpha value is -1.42. The fraction of sp³-hybridized carbons (Fsp3) is 0.611. The van der Waals surface area contributed by atoms with Crippen LogP contribution in [0, 0.1) is 11.7 Å². The summed E-state index contributed by atoms with van der Waals surface area (Å²) in [6, 6.07) is 6.97. The minimum atomic E-state index is -0.590. The van der Waals surface area contributed by atoms with E-state index in [0.29, 0.717) is 5.92 Å². The maximum absolute atomic E-state index is 13.7.